The Balaban J connectivity index is 1.62. The molecule has 2 heterocycles. The van der Waals surface area contributed by atoms with Gasteiger partial charge in [0.25, 0.3) is 0 Å². The highest BCUT2D eigenvalue weighted by atomic mass is 16.5. The molecule has 0 spiro atoms. The van der Waals surface area contributed by atoms with Crippen LogP contribution in [0.3, 0.4) is 0 Å². The highest BCUT2D eigenvalue weighted by Gasteiger charge is 2.17. The van der Waals surface area contributed by atoms with Gasteiger partial charge in [0.05, 0.1) is 18.8 Å². The van der Waals surface area contributed by atoms with E-state index >= 15 is 0 Å². The average molecular weight is 328 g/mol. The normalized spacial score (nSPS) is 15.2. The summed E-state index contributed by atoms with van der Waals surface area (Å²) in [5.74, 6) is -0.0472. The summed E-state index contributed by atoms with van der Waals surface area (Å²) >= 11 is 0. The minimum Gasteiger partial charge on any atom is -0.465 e. The van der Waals surface area contributed by atoms with E-state index in [1.807, 2.05) is 24.3 Å². The lowest BCUT2D eigenvalue weighted by atomic mass is 10.1. The Morgan fingerprint density at radius 3 is 2.42 bits per heavy atom. The molecule has 0 amide bonds. The third kappa shape index (κ3) is 3.80. The molecule has 0 unspecified atom stereocenters. The van der Waals surface area contributed by atoms with E-state index in [2.05, 4.69) is 24.9 Å². The van der Waals surface area contributed by atoms with Crippen molar-refractivity contribution in [2.75, 3.05) is 30.4 Å². The minimum atomic E-state index is -0.461. The first-order valence-corrected chi connectivity index (χ1v) is 7.86. The number of piperidine rings is 1. The molecular formula is C17H20N4O3. The van der Waals surface area contributed by atoms with Gasteiger partial charge in [0.2, 0.25) is 5.95 Å². The molecule has 1 aliphatic heterocycles. The molecule has 7 nitrogen and oxygen atoms in total. The lowest BCUT2D eigenvalue weighted by molar-refractivity contribution is 0.0600. The molecule has 1 aromatic carbocycles. The summed E-state index contributed by atoms with van der Waals surface area (Å²) in [4.78, 5) is 21.8. The molecule has 0 saturated carbocycles. The summed E-state index contributed by atoms with van der Waals surface area (Å²) in [5.41, 5.74) is 2.31. The smallest absolute Gasteiger partial charge is 0.341 e. The van der Waals surface area contributed by atoms with Crippen LogP contribution in [0, 0.1) is 0 Å². The molecule has 126 valence electrons. The van der Waals surface area contributed by atoms with Crippen LogP contribution in [0.25, 0.3) is 0 Å². The van der Waals surface area contributed by atoms with Crippen molar-refractivity contribution >= 4 is 23.3 Å². The quantitative estimate of drug-likeness (QED) is 0.830. The zero-order chi connectivity index (χ0) is 16.9. The summed E-state index contributed by atoms with van der Waals surface area (Å²) in [5, 5.41) is 12.7. The number of esters is 1. The van der Waals surface area contributed by atoms with Crippen LogP contribution in [-0.2, 0) is 4.74 Å². The van der Waals surface area contributed by atoms with Crippen molar-refractivity contribution < 1.29 is 14.6 Å². The van der Waals surface area contributed by atoms with Crippen molar-refractivity contribution in [1.82, 2.24) is 9.97 Å². The average Bonchev–Trinajstić information content (AvgIpc) is 2.63. The van der Waals surface area contributed by atoms with Gasteiger partial charge in [0, 0.05) is 36.9 Å². The van der Waals surface area contributed by atoms with Crippen LogP contribution in [-0.4, -0.2) is 47.3 Å². The van der Waals surface area contributed by atoms with Crippen LogP contribution < -0.4 is 10.2 Å². The number of ether oxygens (including phenoxy) is 1. The van der Waals surface area contributed by atoms with Gasteiger partial charge in [-0.15, -0.1) is 0 Å². The molecule has 2 N–H and O–H groups in total. The Kier molecular flexibility index (Phi) is 4.90. The van der Waals surface area contributed by atoms with Gasteiger partial charge in [0.1, 0.15) is 0 Å². The predicted molar refractivity (Wildman–Crippen MR) is 90.6 cm³/mol. The number of aliphatic hydroxyl groups excluding tert-OH is 1. The Bertz CT molecular complexity index is 680. The Morgan fingerprint density at radius 1 is 1.21 bits per heavy atom. The summed E-state index contributed by atoms with van der Waals surface area (Å²) in [6, 6.07) is 7.97. The van der Waals surface area contributed by atoms with Gasteiger partial charge in [-0.2, -0.15) is 0 Å². The first-order chi connectivity index (χ1) is 11.7. The van der Waals surface area contributed by atoms with Gasteiger partial charge in [-0.25, -0.2) is 14.8 Å². The second-order valence-corrected chi connectivity index (χ2v) is 5.68. The number of carbonyl (C=O) groups is 1. The number of carbonyl (C=O) groups excluding carboxylic acids is 1. The fraction of sp³-hybridized carbons (Fsp3) is 0.353. The Morgan fingerprint density at radius 2 is 1.83 bits per heavy atom. The van der Waals surface area contributed by atoms with E-state index in [9.17, 15) is 9.90 Å². The first kappa shape index (κ1) is 16.2. The van der Waals surface area contributed by atoms with Crippen molar-refractivity contribution in [1.29, 1.82) is 0 Å². The number of aromatic nitrogens is 2. The van der Waals surface area contributed by atoms with Crippen molar-refractivity contribution in [3.8, 4) is 0 Å². The third-order valence-corrected chi connectivity index (χ3v) is 4.03. The second kappa shape index (κ2) is 7.27. The fourth-order valence-electron chi connectivity index (χ4n) is 2.62. The zero-order valence-corrected chi connectivity index (χ0v) is 13.5. The molecule has 0 aliphatic carbocycles. The van der Waals surface area contributed by atoms with Crippen LogP contribution in [0.15, 0.2) is 36.7 Å². The lowest BCUT2D eigenvalue weighted by Crippen LogP contribution is -2.35. The van der Waals surface area contributed by atoms with Gasteiger partial charge in [-0.05, 0) is 37.1 Å². The number of hydrogen-bond donors (Lipinski definition) is 2. The summed E-state index contributed by atoms with van der Waals surface area (Å²) in [6.45, 7) is 1.73. The molecule has 7 heteroatoms. The van der Waals surface area contributed by atoms with Gasteiger partial charge < -0.3 is 20.1 Å². The standard InChI is InChI=1S/C17H20N4O3/c1-24-16(23)12-10-18-17(19-11-12)20-13-2-4-14(5-3-13)21-8-6-15(22)7-9-21/h2-5,10-11,15,22H,6-9H2,1H3,(H,18,19,20). The second-order valence-electron chi connectivity index (χ2n) is 5.68. The molecule has 1 saturated heterocycles. The van der Waals surface area contributed by atoms with E-state index < -0.39 is 5.97 Å². The molecule has 1 fully saturated rings. The van der Waals surface area contributed by atoms with E-state index in [4.69, 9.17) is 0 Å². The molecule has 1 aromatic heterocycles. The monoisotopic (exact) mass is 328 g/mol. The molecular weight excluding hydrogens is 308 g/mol. The van der Waals surface area contributed by atoms with Gasteiger partial charge in [-0.1, -0.05) is 0 Å². The highest BCUT2D eigenvalue weighted by Crippen LogP contribution is 2.23. The van der Waals surface area contributed by atoms with Crippen molar-refractivity contribution in [2.45, 2.75) is 18.9 Å². The maximum atomic E-state index is 11.3. The molecule has 0 bridgehead atoms. The van der Waals surface area contributed by atoms with Crippen molar-refractivity contribution in [3.63, 3.8) is 0 Å². The van der Waals surface area contributed by atoms with Gasteiger partial charge in [-0.3, -0.25) is 0 Å². The molecule has 0 radical (unpaired) electrons. The number of methoxy groups -OCH3 is 1. The summed E-state index contributed by atoms with van der Waals surface area (Å²) < 4.78 is 4.61. The van der Waals surface area contributed by atoms with E-state index in [0.717, 1.165) is 37.3 Å². The van der Waals surface area contributed by atoms with Crippen molar-refractivity contribution in [3.05, 3.63) is 42.2 Å². The largest absolute Gasteiger partial charge is 0.465 e. The lowest BCUT2D eigenvalue weighted by Gasteiger charge is -2.31. The Labute approximate surface area is 140 Å². The zero-order valence-electron chi connectivity index (χ0n) is 13.5. The first-order valence-electron chi connectivity index (χ1n) is 7.86. The topological polar surface area (TPSA) is 87.6 Å². The van der Waals surface area contributed by atoms with Gasteiger partial charge >= 0.3 is 5.97 Å². The third-order valence-electron chi connectivity index (χ3n) is 4.03. The molecule has 0 atom stereocenters. The van der Waals surface area contributed by atoms with E-state index in [0.29, 0.717) is 11.5 Å². The predicted octanol–water partition coefficient (Wildman–Crippen LogP) is 1.97. The minimum absolute atomic E-state index is 0.174. The molecule has 24 heavy (non-hydrogen) atoms. The van der Waals surface area contributed by atoms with Crippen LogP contribution in [0.5, 0.6) is 0 Å². The van der Waals surface area contributed by atoms with E-state index in [1.165, 1.54) is 19.5 Å². The Hall–Kier alpha value is -2.67. The highest BCUT2D eigenvalue weighted by molar-refractivity contribution is 5.88. The molecule has 2 aromatic rings. The number of aliphatic hydroxyl groups is 1. The number of nitrogens with zero attached hydrogens (tertiary/aromatic N) is 3. The number of anilines is 3. The van der Waals surface area contributed by atoms with Crippen LogP contribution >= 0.6 is 0 Å². The number of benzene rings is 1. The maximum absolute atomic E-state index is 11.3. The number of hydrogen-bond acceptors (Lipinski definition) is 7. The molecule has 3 rings (SSSR count). The maximum Gasteiger partial charge on any atom is 0.341 e. The van der Waals surface area contributed by atoms with E-state index in [1.54, 1.807) is 0 Å². The van der Waals surface area contributed by atoms with Crippen LogP contribution in [0.2, 0.25) is 0 Å². The van der Waals surface area contributed by atoms with Crippen LogP contribution in [0.4, 0.5) is 17.3 Å². The number of nitrogens with one attached hydrogen (secondary N) is 1. The van der Waals surface area contributed by atoms with Crippen molar-refractivity contribution in [2.24, 2.45) is 0 Å². The molecule has 1 aliphatic rings. The van der Waals surface area contributed by atoms with E-state index in [-0.39, 0.29) is 6.10 Å². The fourth-order valence-corrected chi connectivity index (χ4v) is 2.62. The number of rotatable bonds is 4. The van der Waals surface area contributed by atoms with Crippen LogP contribution in [0.1, 0.15) is 23.2 Å². The SMILES string of the molecule is COC(=O)c1cnc(Nc2ccc(N3CCC(O)CC3)cc2)nc1. The summed E-state index contributed by atoms with van der Waals surface area (Å²) in [7, 11) is 1.32. The van der Waals surface area contributed by atoms with Gasteiger partial charge in [0.15, 0.2) is 0 Å². The summed E-state index contributed by atoms with van der Waals surface area (Å²) in [6.07, 6.45) is 4.29.